The fourth-order valence-corrected chi connectivity index (χ4v) is 3.01. The van der Waals surface area contributed by atoms with Crippen molar-refractivity contribution in [1.82, 2.24) is 10.2 Å². The Kier molecular flexibility index (Phi) is 5.23. The van der Waals surface area contributed by atoms with E-state index in [0.29, 0.717) is 6.04 Å². The van der Waals surface area contributed by atoms with Gasteiger partial charge in [0.1, 0.15) is 5.75 Å². The maximum absolute atomic E-state index is 12.2. The van der Waals surface area contributed by atoms with Gasteiger partial charge in [0.25, 0.3) is 5.91 Å². The van der Waals surface area contributed by atoms with E-state index < -0.39 is 6.10 Å². The molecule has 1 aromatic carbocycles. The van der Waals surface area contributed by atoms with Crippen LogP contribution < -0.4 is 10.1 Å². The molecule has 0 saturated heterocycles. The summed E-state index contributed by atoms with van der Waals surface area (Å²) >= 11 is 0. The summed E-state index contributed by atoms with van der Waals surface area (Å²) in [4.78, 5) is 14.0. The van der Waals surface area contributed by atoms with E-state index in [1.807, 2.05) is 33.9 Å². The van der Waals surface area contributed by atoms with Crippen LogP contribution in [0.1, 0.15) is 44.4 Å². The molecule has 1 aliphatic carbocycles. The van der Waals surface area contributed by atoms with Crippen molar-refractivity contribution in [2.24, 2.45) is 0 Å². The van der Waals surface area contributed by atoms with Gasteiger partial charge in [-0.25, -0.2) is 0 Å². The number of benzene rings is 1. The first-order valence-corrected chi connectivity index (χ1v) is 7.86. The minimum absolute atomic E-state index is 0.0496. The van der Waals surface area contributed by atoms with Crippen LogP contribution in [0.3, 0.4) is 0 Å². The lowest BCUT2D eigenvalue weighted by Crippen LogP contribution is -2.40. The lowest BCUT2D eigenvalue weighted by atomic mass is 10.1. The second-order valence-electron chi connectivity index (χ2n) is 5.51. The van der Waals surface area contributed by atoms with E-state index in [4.69, 9.17) is 4.74 Å². The number of ether oxygens (including phenoxy) is 1. The SMILES string of the molecule is CCN(CC)C(=O)C(C)Oc1ccc2c(c1)CCC2NC. The maximum Gasteiger partial charge on any atom is 0.263 e. The Morgan fingerprint density at radius 2 is 2.14 bits per heavy atom. The predicted octanol–water partition coefficient (Wildman–Crippen LogP) is 2.53. The Morgan fingerprint density at radius 3 is 2.76 bits per heavy atom. The number of aryl methyl sites for hydroxylation is 1. The van der Waals surface area contributed by atoms with Crippen molar-refractivity contribution in [2.45, 2.75) is 45.8 Å². The van der Waals surface area contributed by atoms with Crippen LogP contribution in [0.5, 0.6) is 5.75 Å². The molecule has 21 heavy (non-hydrogen) atoms. The second-order valence-corrected chi connectivity index (χ2v) is 5.51. The highest BCUT2D eigenvalue weighted by atomic mass is 16.5. The van der Waals surface area contributed by atoms with E-state index in [1.165, 1.54) is 11.1 Å². The van der Waals surface area contributed by atoms with E-state index in [2.05, 4.69) is 17.4 Å². The van der Waals surface area contributed by atoms with Crippen LogP contribution in [0.4, 0.5) is 0 Å². The molecule has 1 amide bonds. The molecule has 0 heterocycles. The molecule has 1 aliphatic rings. The number of nitrogens with zero attached hydrogens (tertiary/aromatic N) is 1. The van der Waals surface area contributed by atoms with E-state index in [0.717, 1.165) is 31.7 Å². The van der Waals surface area contributed by atoms with Gasteiger partial charge in [-0.3, -0.25) is 4.79 Å². The average molecular weight is 290 g/mol. The van der Waals surface area contributed by atoms with E-state index in [-0.39, 0.29) is 5.91 Å². The largest absolute Gasteiger partial charge is 0.481 e. The molecule has 2 rings (SSSR count). The Labute approximate surface area is 127 Å². The summed E-state index contributed by atoms with van der Waals surface area (Å²) in [6.45, 7) is 7.24. The summed E-state index contributed by atoms with van der Waals surface area (Å²) in [5, 5.41) is 3.33. The van der Waals surface area contributed by atoms with Gasteiger partial charge >= 0.3 is 0 Å². The number of nitrogens with one attached hydrogen (secondary N) is 1. The summed E-state index contributed by atoms with van der Waals surface area (Å²) in [7, 11) is 2.00. The molecular weight excluding hydrogens is 264 g/mol. The molecule has 4 nitrogen and oxygen atoms in total. The molecule has 0 spiro atoms. The first kappa shape index (κ1) is 15.8. The first-order valence-electron chi connectivity index (χ1n) is 7.86. The Morgan fingerprint density at radius 1 is 1.43 bits per heavy atom. The van der Waals surface area contributed by atoms with Crippen molar-refractivity contribution in [3.05, 3.63) is 29.3 Å². The van der Waals surface area contributed by atoms with Gasteiger partial charge in [0.15, 0.2) is 6.10 Å². The second kappa shape index (κ2) is 6.94. The standard InChI is InChI=1S/C17H26N2O2/c1-5-19(6-2)17(20)12(3)21-14-8-9-15-13(11-14)7-10-16(15)18-4/h8-9,11-12,16,18H,5-7,10H2,1-4H3. The highest BCUT2D eigenvalue weighted by Gasteiger charge is 2.23. The topological polar surface area (TPSA) is 41.6 Å². The molecule has 116 valence electrons. The number of amides is 1. The molecule has 0 radical (unpaired) electrons. The molecule has 4 heteroatoms. The predicted molar refractivity (Wildman–Crippen MR) is 84.6 cm³/mol. The zero-order valence-corrected chi connectivity index (χ0v) is 13.5. The first-order chi connectivity index (χ1) is 10.1. The van der Waals surface area contributed by atoms with Crippen LogP contribution in [-0.4, -0.2) is 37.0 Å². The normalized spacial score (nSPS) is 18.2. The van der Waals surface area contributed by atoms with Gasteiger partial charge in [-0.1, -0.05) is 6.07 Å². The molecule has 1 aromatic rings. The van der Waals surface area contributed by atoms with Gasteiger partial charge in [-0.05, 0) is 63.9 Å². The molecular formula is C17H26N2O2. The molecule has 1 N–H and O–H groups in total. The van der Waals surface area contributed by atoms with Gasteiger partial charge in [-0.15, -0.1) is 0 Å². The van der Waals surface area contributed by atoms with Crippen LogP contribution in [0.2, 0.25) is 0 Å². The van der Waals surface area contributed by atoms with Crippen molar-refractivity contribution in [3.63, 3.8) is 0 Å². The van der Waals surface area contributed by atoms with Crippen molar-refractivity contribution in [1.29, 1.82) is 0 Å². The Hall–Kier alpha value is -1.55. The van der Waals surface area contributed by atoms with Crippen molar-refractivity contribution in [2.75, 3.05) is 20.1 Å². The monoisotopic (exact) mass is 290 g/mol. The third-order valence-corrected chi connectivity index (χ3v) is 4.28. The van der Waals surface area contributed by atoms with Gasteiger partial charge in [0, 0.05) is 19.1 Å². The summed E-state index contributed by atoms with van der Waals surface area (Å²) in [6.07, 6.45) is 1.75. The minimum Gasteiger partial charge on any atom is -0.481 e. The van der Waals surface area contributed by atoms with Crippen LogP contribution >= 0.6 is 0 Å². The van der Waals surface area contributed by atoms with Gasteiger partial charge < -0.3 is 15.0 Å². The van der Waals surface area contributed by atoms with Gasteiger partial charge in [0.2, 0.25) is 0 Å². The fourth-order valence-electron chi connectivity index (χ4n) is 3.01. The lowest BCUT2D eigenvalue weighted by molar-refractivity contribution is -0.137. The molecule has 0 saturated carbocycles. The quantitative estimate of drug-likeness (QED) is 0.875. The number of likely N-dealkylation sites (N-methyl/N-ethyl adjacent to an activating group) is 1. The highest BCUT2D eigenvalue weighted by molar-refractivity contribution is 5.80. The van der Waals surface area contributed by atoms with Crippen LogP contribution in [0.25, 0.3) is 0 Å². The maximum atomic E-state index is 12.2. The smallest absolute Gasteiger partial charge is 0.263 e. The van der Waals surface area contributed by atoms with E-state index in [1.54, 1.807) is 4.90 Å². The van der Waals surface area contributed by atoms with Crippen LogP contribution in [0, 0.1) is 0 Å². The summed E-state index contributed by atoms with van der Waals surface area (Å²) < 4.78 is 5.84. The molecule has 0 aliphatic heterocycles. The highest BCUT2D eigenvalue weighted by Crippen LogP contribution is 2.33. The number of fused-ring (bicyclic) bond motifs is 1. The van der Waals surface area contributed by atoms with Crippen molar-refractivity contribution in [3.8, 4) is 5.75 Å². The average Bonchev–Trinajstić information content (AvgIpc) is 2.90. The minimum atomic E-state index is -0.440. The van der Waals surface area contributed by atoms with Crippen LogP contribution in [-0.2, 0) is 11.2 Å². The lowest BCUT2D eigenvalue weighted by Gasteiger charge is -2.23. The van der Waals surface area contributed by atoms with Gasteiger partial charge in [0.05, 0.1) is 0 Å². The summed E-state index contributed by atoms with van der Waals surface area (Å²) in [5.41, 5.74) is 2.68. The molecule has 2 unspecified atom stereocenters. The third kappa shape index (κ3) is 3.38. The Balaban J connectivity index is 2.05. The number of carbonyl (C=O) groups is 1. The zero-order chi connectivity index (χ0) is 15.4. The molecule has 0 bridgehead atoms. The Bertz CT molecular complexity index is 498. The fraction of sp³-hybridized carbons (Fsp3) is 0.588. The molecule has 2 atom stereocenters. The molecule has 0 aromatic heterocycles. The van der Waals surface area contributed by atoms with Gasteiger partial charge in [-0.2, -0.15) is 0 Å². The zero-order valence-electron chi connectivity index (χ0n) is 13.5. The van der Waals surface area contributed by atoms with Crippen molar-refractivity contribution < 1.29 is 9.53 Å². The van der Waals surface area contributed by atoms with Crippen LogP contribution in [0.15, 0.2) is 18.2 Å². The third-order valence-electron chi connectivity index (χ3n) is 4.28. The number of hydrogen-bond donors (Lipinski definition) is 1. The number of carbonyl (C=O) groups excluding carboxylic acids is 1. The van der Waals surface area contributed by atoms with E-state index in [9.17, 15) is 4.79 Å². The van der Waals surface area contributed by atoms with Crippen molar-refractivity contribution >= 4 is 5.91 Å². The summed E-state index contributed by atoms with van der Waals surface area (Å²) in [5.74, 6) is 0.840. The van der Waals surface area contributed by atoms with E-state index >= 15 is 0 Å². The number of hydrogen-bond acceptors (Lipinski definition) is 3. The summed E-state index contributed by atoms with van der Waals surface area (Å²) in [6, 6.07) is 6.62. The number of rotatable bonds is 6. The molecule has 0 fully saturated rings.